The number of alkyl halides is 2. The number of halogens is 2. The average molecular weight is 1190 g/mol. The fraction of sp³-hybridized carbons (Fsp3) is 0.456. The van der Waals surface area contributed by atoms with Gasteiger partial charge in [0.15, 0.2) is 0 Å². The maximum atomic E-state index is 14.5. The summed E-state index contributed by atoms with van der Waals surface area (Å²) < 4.78 is 45.8. The lowest BCUT2D eigenvalue weighted by Gasteiger charge is -2.37. The van der Waals surface area contributed by atoms with Gasteiger partial charge in [0.2, 0.25) is 29.5 Å². The molecule has 0 saturated carbocycles. The lowest BCUT2D eigenvalue weighted by Crippen LogP contribution is -2.61. The summed E-state index contributed by atoms with van der Waals surface area (Å²) in [6.45, 7) is 0.645. The Kier molecular flexibility index (Phi) is 20.1. The number of benzene rings is 3. The first kappa shape index (κ1) is 61.5. The number of thiophene rings is 1. The molecule has 9 N–H and O–H groups in total. The van der Waals surface area contributed by atoms with Crippen LogP contribution in [0.15, 0.2) is 66.7 Å². The highest BCUT2D eigenvalue weighted by Gasteiger charge is 2.51. The lowest BCUT2D eigenvalue weighted by atomic mass is 10.0. The number of hydrogen-bond acceptors (Lipinski definition) is 13. The molecule has 5 atom stereocenters. The second-order valence-electron chi connectivity index (χ2n) is 21.1. The number of imide groups is 1. The van der Waals surface area contributed by atoms with Gasteiger partial charge in [0.25, 0.3) is 17.7 Å². The number of ether oxygens (including phenoxy) is 1. The molecule has 4 aliphatic heterocycles. The van der Waals surface area contributed by atoms with Crippen LogP contribution in [0.4, 0.5) is 13.6 Å². The van der Waals surface area contributed by atoms with E-state index in [9.17, 15) is 66.3 Å². The van der Waals surface area contributed by atoms with E-state index in [2.05, 4.69) is 38.4 Å². The van der Waals surface area contributed by atoms with Crippen LogP contribution in [0, 0.1) is 11.8 Å². The lowest BCUT2D eigenvalue weighted by molar-refractivity contribution is -0.144. The quantitative estimate of drug-likeness (QED) is 0.0233. The van der Waals surface area contributed by atoms with Crippen molar-refractivity contribution < 1.29 is 71.0 Å². The zero-order chi connectivity index (χ0) is 59.6. The minimum atomic E-state index is -5.85. The first-order chi connectivity index (χ1) is 39.6. The maximum absolute atomic E-state index is 14.5. The Morgan fingerprint density at radius 3 is 2.36 bits per heavy atom. The van der Waals surface area contributed by atoms with Crippen LogP contribution >= 0.6 is 18.9 Å². The molecule has 3 saturated heterocycles. The van der Waals surface area contributed by atoms with E-state index in [1.807, 2.05) is 11.0 Å². The van der Waals surface area contributed by atoms with Crippen LogP contribution in [0.1, 0.15) is 136 Å². The van der Waals surface area contributed by atoms with E-state index in [1.165, 1.54) is 21.9 Å². The summed E-state index contributed by atoms with van der Waals surface area (Å²) >= 11 is 0.920. The van der Waals surface area contributed by atoms with Gasteiger partial charge in [0.1, 0.15) is 30.8 Å². The molecule has 9 amide bonds. The van der Waals surface area contributed by atoms with Gasteiger partial charge >= 0.3 is 19.4 Å². The van der Waals surface area contributed by atoms with Crippen molar-refractivity contribution in [3.05, 3.63) is 105 Å². The number of nitrogens with one attached hydrogen (secondary N) is 5. The van der Waals surface area contributed by atoms with Gasteiger partial charge in [-0.25, -0.2) is 4.79 Å². The van der Waals surface area contributed by atoms with E-state index in [0.717, 1.165) is 79.5 Å². The molecule has 1 unspecified atom stereocenters. The monoisotopic (exact) mass is 1190 g/mol. The van der Waals surface area contributed by atoms with Crippen molar-refractivity contribution in [2.24, 2.45) is 5.73 Å². The molecule has 83 heavy (non-hydrogen) atoms. The molecule has 4 aliphatic rings. The van der Waals surface area contributed by atoms with Gasteiger partial charge in [-0.15, -0.1) is 11.3 Å². The first-order valence-corrected chi connectivity index (χ1v) is 29.9. The second kappa shape index (κ2) is 27.2. The largest absolute Gasteiger partial charge is 0.447 e. The maximum Gasteiger partial charge on any atom is 0.404 e. The minimum absolute atomic E-state index is 0.0317. The number of nitrogens with two attached hydrogens (primary N) is 1. The number of carbonyl (C=O) groups excluding carboxylic acids is 9. The van der Waals surface area contributed by atoms with Crippen molar-refractivity contribution in [2.45, 2.75) is 132 Å². The summed E-state index contributed by atoms with van der Waals surface area (Å²) in [5.41, 5.74) is 2.97. The SMILES string of the molecule is CN1CC[C@H]2CC[C@@H](C(=O)N[C@@H](COC(N)=O)C(=O)NCc3ccc(C(=O)NCCCCCCCCCC#Cc4cccc5c4CN(C4CCC(=O)NC4=O)C5=O)cc3)N2C(=O)[C@@H](NC(=O)c2cc3cc(C(F)(F)P(=O)(O)O)ccc3s2)C1. The van der Waals surface area contributed by atoms with Gasteiger partial charge in [-0.2, -0.15) is 8.78 Å². The smallest absolute Gasteiger partial charge is 0.404 e. The predicted molar refractivity (Wildman–Crippen MR) is 299 cm³/mol. The van der Waals surface area contributed by atoms with Gasteiger partial charge in [-0.1, -0.05) is 68.2 Å². The number of rotatable bonds is 22. The third kappa shape index (κ3) is 15.1. The molecular formula is C57H66F2N9O13PS. The molecule has 26 heteroatoms. The van der Waals surface area contributed by atoms with Crippen molar-refractivity contribution in [3.63, 3.8) is 0 Å². The molecule has 0 aliphatic carbocycles. The van der Waals surface area contributed by atoms with Crippen LogP contribution < -0.4 is 32.3 Å². The van der Waals surface area contributed by atoms with E-state index >= 15 is 0 Å². The molecule has 8 rings (SSSR count). The van der Waals surface area contributed by atoms with Crippen molar-refractivity contribution in [2.75, 3.05) is 33.3 Å². The Hall–Kier alpha value is -7.62. The van der Waals surface area contributed by atoms with Crippen LogP contribution in [0.2, 0.25) is 0 Å². The van der Waals surface area contributed by atoms with E-state index < -0.39 is 91.3 Å². The standard InChI is InChI=1S/C57H66F2N9O13PS/c1-66-27-25-39-20-21-45(68(39)55(76)42(32-66)63-53(74)47-29-37-28-38(19-23-46(37)83-47)57(58,59)82(78,79)80)52(73)64-43(33-81-56(60)77)50(71)62-30-34-15-17-36(18-16-34)49(70)61-26-10-8-6-4-2-3-5-7-9-12-35-13-11-14-40-41(35)31-67(54(40)75)44-22-24-48(69)65-51(44)72/h11,13-19,23,28-29,39,42-45H,2-8,10,20-22,24-27,30-33H2,1H3,(H2,60,77)(H,61,70)(H,62,71)(H,63,74)(H,64,73)(H,65,69,72)(H2,78,79,80)/t39-,42+,43+,44?,45+/m1/s1. The Morgan fingerprint density at radius 1 is 0.904 bits per heavy atom. The molecule has 0 bridgehead atoms. The number of hydrogen-bond donors (Lipinski definition) is 8. The second-order valence-corrected chi connectivity index (χ2v) is 23.9. The van der Waals surface area contributed by atoms with Crippen LogP contribution in [0.5, 0.6) is 0 Å². The van der Waals surface area contributed by atoms with Crippen molar-refractivity contribution in [1.82, 2.24) is 41.3 Å². The highest BCUT2D eigenvalue weighted by Crippen LogP contribution is 2.59. The zero-order valence-electron chi connectivity index (χ0n) is 45.6. The van der Waals surface area contributed by atoms with Gasteiger partial charge in [-0.05, 0) is 111 Å². The zero-order valence-corrected chi connectivity index (χ0v) is 47.3. The van der Waals surface area contributed by atoms with Crippen molar-refractivity contribution in [3.8, 4) is 11.8 Å². The number of fused-ring (bicyclic) bond motifs is 3. The molecule has 442 valence electrons. The number of carbonyl (C=O) groups is 9. The van der Waals surface area contributed by atoms with Gasteiger partial charge < -0.3 is 56.2 Å². The topological polar surface area (TPSA) is 316 Å². The number of nitrogens with zero attached hydrogens (tertiary/aromatic N) is 3. The highest BCUT2D eigenvalue weighted by atomic mass is 32.1. The third-order valence-electron chi connectivity index (χ3n) is 15.2. The molecule has 0 spiro atoms. The fourth-order valence-electron chi connectivity index (χ4n) is 10.7. The number of likely N-dealkylation sites (N-methyl/N-ethyl adjacent to an activating group) is 1. The Balaban J connectivity index is 0.748. The van der Waals surface area contributed by atoms with Crippen LogP contribution in [0.3, 0.4) is 0 Å². The molecule has 22 nitrogen and oxygen atoms in total. The van der Waals surface area contributed by atoms with Crippen LogP contribution in [-0.4, -0.2) is 141 Å². The summed E-state index contributed by atoms with van der Waals surface area (Å²) in [5, 5.41) is 13.4. The highest BCUT2D eigenvalue weighted by molar-refractivity contribution is 7.52. The van der Waals surface area contributed by atoms with Crippen LogP contribution in [-0.2, 0) is 52.0 Å². The summed E-state index contributed by atoms with van der Waals surface area (Å²) in [4.78, 5) is 141. The molecule has 5 heterocycles. The summed E-state index contributed by atoms with van der Waals surface area (Å²) in [7, 11) is -4.09. The summed E-state index contributed by atoms with van der Waals surface area (Å²) in [6, 6.07) is 11.4. The van der Waals surface area contributed by atoms with Gasteiger partial charge in [-0.3, -0.25) is 48.2 Å². The number of primary amides is 1. The Bertz CT molecular complexity index is 3270. The van der Waals surface area contributed by atoms with E-state index in [-0.39, 0.29) is 60.5 Å². The van der Waals surface area contributed by atoms with Gasteiger partial charge in [0.05, 0.1) is 4.88 Å². The normalized spacial score (nSPS) is 19.6. The molecular weight excluding hydrogens is 1120 g/mol. The number of piperidine rings is 1. The number of unbranched alkanes of at least 4 members (excludes halogenated alkanes) is 7. The minimum Gasteiger partial charge on any atom is -0.447 e. The number of amides is 9. The van der Waals surface area contributed by atoms with E-state index in [1.54, 1.807) is 43.4 Å². The Labute approximate surface area is 481 Å². The third-order valence-corrected chi connectivity index (χ3v) is 17.3. The summed E-state index contributed by atoms with van der Waals surface area (Å²) in [6.07, 6.45) is 7.94. The fourth-order valence-corrected chi connectivity index (χ4v) is 12.1. The summed E-state index contributed by atoms with van der Waals surface area (Å²) in [5.74, 6) is 2.44. The molecule has 0 radical (unpaired) electrons. The molecule has 3 fully saturated rings. The van der Waals surface area contributed by atoms with Crippen molar-refractivity contribution in [1.29, 1.82) is 0 Å². The van der Waals surface area contributed by atoms with Gasteiger partial charge in [0, 0.05) is 72.0 Å². The predicted octanol–water partition coefficient (Wildman–Crippen LogP) is 4.48. The first-order valence-electron chi connectivity index (χ1n) is 27.5. The van der Waals surface area contributed by atoms with E-state index in [4.69, 9.17) is 10.5 Å². The molecule has 4 aromatic rings. The van der Waals surface area contributed by atoms with E-state index in [0.29, 0.717) is 60.2 Å². The Morgan fingerprint density at radius 2 is 1.64 bits per heavy atom. The molecule has 1 aromatic heterocycles. The van der Waals surface area contributed by atoms with Crippen LogP contribution in [0.25, 0.3) is 10.1 Å². The van der Waals surface area contributed by atoms with Crippen molar-refractivity contribution >= 4 is 82.4 Å². The average Bonchev–Trinajstić information content (AvgIpc) is 3.15. The molecule has 3 aromatic carbocycles.